The molecule has 6 nitrogen and oxygen atoms in total. The van der Waals surface area contributed by atoms with E-state index in [1.807, 2.05) is 36.4 Å². The fourth-order valence-corrected chi connectivity index (χ4v) is 4.65. The van der Waals surface area contributed by atoms with E-state index in [4.69, 9.17) is 0 Å². The Morgan fingerprint density at radius 3 is 2.79 bits per heavy atom. The Morgan fingerprint density at radius 2 is 2.00 bits per heavy atom. The van der Waals surface area contributed by atoms with Gasteiger partial charge in [0.15, 0.2) is 10.9 Å². The molecule has 0 aliphatic heterocycles. The first-order valence-electron chi connectivity index (χ1n) is 9.61. The minimum Gasteiger partial charge on any atom is -0.367 e. The summed E-state index contributed by atoms with van der Waals surface area (Å²) in [6.45, 7) is 2.08. The van der Waals surface area contributed by atoms with Gasteiger partial charge in [0, 0.05) is 29.8 Å². The lowest BCUT2D eigenvalue weighted by Gasteiger charge is -2.09. The molecule has 1 aromatic carbocycles. The van der Waals surface area contributed by atoms with E-state index in [-0.39, 0.29) is 11.7 Å². The van der Waals surface area contributed by atoms with E-state index < -0.39 is 0 Å². The van der Waals surface area contributed by atoms with Crippen LogP contribution in [-0.4, -0.2) is 40.0 Å². The predicted molar refractivity (Wildman–Crippen MR) is 118 cm³/mol. The molecule has 2 heterocycles. The first-order valence-corrected chi connectivity index (χ1v) is 11.4. The van der Waals surface area contributed by atoms with Crippen molar-refractivity contribution < 1.29 is 9.59 Å². The molecule has 0 spiro atoms. The summed E-state index contributed by atoms with van der Waals surface area (Å²) >= 11 is 2.85. The number of amides is 1. The molecule has 1 amide bonds. The highest BCUT2D eigenvalue weighted by atomic mass is 32.2. The summed E-state index contributed by atoms with van der Waals surface area (Å²) in [5.41, 5.74) is 0.886. The summed E-state index contributed by atoms with van der Waals surface area (Å²) in [5.74, 6) is 1.18. The highest BCUT2D eigenvalue weighted by Gasteiger charge is 2.23. The topological polar surface area (TPSA) is 84.0 Å². The second-order valence-electron chi connectivity index (χ2n) is 7.00. The first kappa shape index (κ1) is 19.8. The molecule has 3 aromatic rings. The van der Waals surface area contributed by atoms with Gasteiger partial charge in [-0.3, -0.25) is 9.59 Å². The Bertz CT molecular complexity index is 1050. The maximum Gasteiger partial charge on any atom is 0.216 e. The third-order valence-electron chi connectivity index (χ3n) is 4.52. The number of aromatic nitrogens is 2. The second-order valence-corrected chi connectivity index (χ2v) is 9.11. The normalized spacial score (nSPS) is 13.4. The van der Waals surface area contributed by atoms with E-state index in [0.717, 1.165) is 32.9 Å². The monoisotopic (exact) mass is 426 g/mol. The lowest BCUT2D eigenvalue weighted by atomic mass is 10.2. The lowest BCUT2D eigenvalue weighted by molar-refractivity contribution is -0.118. The molecule has 0 saturated heterocycles. The predicted octanol–water partition coefficient (Wildman–Crippen LogP) is 3.92. The summed E-state index contributed by atoms with van der Waals surface area (Å²) < 4.78 is 0. The average molecular weight is 427 g/mol. The van der Waals surface area contributed by atoms with Gasteiger partial charge in [-0.05, 0) is 43.5 Å². The number of nitrogens with one attached hydrogen (secondary N) is 2. The van der Waals surface area contributed by atoms with Gasteiger partial charge in [0.2, 0.25) is 5.91 Å². The number of fused-ring (bicyclic) bond motifs is 1. The zero-order valence-corrected chi connectivity index (χ0v) is 17.7. The number of ketones is 1. The molecule has 1 fully saturated rings. The van der Waals surface area contributed by atoms with E-state index in [0.29, 0.717) is 23.5 Å². The Labute approximate surface area is 177 Å². The Morgan fingerprint density at radius 1 is 1.17 bits per heavy atom. The van der Waals surface area contributed by atoms with Crippen LogP contribution in [-0.2, 0) is 11.2 Å². The van der Waals surface area contributed by atoms with Crippen LogP contribution in [0.2, 0.25) is 0 Å². The van der Waals surface area contributed by atoms with Gasteiger partial charge in [0.1, 0.15) is 5.82 Å². The maximum absolute atomic E-state index is 12.6. The number of anilines is 1. The van der Waals surface area contributed by atoms with E-state index in [9.17, 15) is 9.59 Å². The third-order valence-corrected chi connectivity index (χ3v) is 6.55. The molecular formula is C21H22N4O2S2. The van der Waals surface area contributed by atoms with Gasteiger partial charge in [-0.2, -0.15) is 0 Å². The van der Waals surface area contributed by atoms with E-state index >= 15 is 0 Å². The number of carbonyl (C=O) groups is 2. The molecule has 8 heteroatoms. The van der Waals surface area contributed by atoms with Crippen LogP contribution in [0.25, 0.3) is 10.9 Å². The van der Waals surface area contributed by atoms with Crippen molar-refractivity contribution in [3.63, 3.8) is 0 Å². The molecule has 1 saturated carbocycles. The van der Waals surface area contributed by atoms with Crippen molar-refractivity contribution in [3.05, 3.63) is 46.2 Å². The first-order chi connectivity index (χ1) is 14.1. The lowest BCUT2D eigenvalue weighted by Crippen LogP contribution is -2.22. The molecule has 1 aliphatic carbocycles. The molecule has 0 radical (unpaired) electrons. The maximum atomic E-state index is 12.6. The molecule has 2 N–H and O–H groups in total. The number of thiophene rings is 1. The number of Topliss-reactive ketones (excluding diaryl/α,β-unsaturated/α-hetero) is 1. The zero-order chi connectivity index (χ0) is 20.2. The Balaban J connectivity index is 1.40. The van der Waals surface area contributed by atoms with Crippen LogP contribution >= 0.6 is 23.1 Å². The van der Waals surface area contributed by atoms with Crippen molar-refractivity contribution in [2.75, 3.05) is 17.6 Å². The zero-order valence-electron chi connectivity index (χ0n) is 16.1. The fraction of sp³-hybridized carbons (Fsp3) is 0.333. The van der Waals surface area contributed by atoms with Crippen LogP contribution < -0.4 is 10.6 Å². The van der Waals surface area contributed by atoms with Crippen LogP contribution in [0.15, 0.2) is 41.6 Å². The minimum absolute atomic E-state index is 0.0415. The van der Waals surface area contributed by atoms with Gasteiger partial charge in [0.05, 0.1) is 16.1 Å². The smallest absolute Gasteiger partial charge is 0.216 e. The van der Waals surface area contributed by atoms with E-state index in [1.165, 1.54) is 42.9 Å². The third kappa shape index (κ3) is 5.33. The summed E-state index contributed by atoms with van der Waals surface area (Å²) in [4.78, 5) is 34.6. The summed E-state index contributed by atoms with van der Waals surface area (Å²) in [6, 6.07) is 12.3. The summed E-state index contributed by atoms with van der Waals surface area (Å²) in [5, 5.41) is 7.87. The number of para-hydroxylation sites is 1. The summed E-state index contributed by atoms with van der Waals surface area (Å²) in [6.07, 6.45) is 3.07. The average Bonchev–Trinajstić information content (AvgIpc) is 3.40. The van der Waals surface area contributed by atoms with Crippen molar-refractivity contribution in [2.24, 2.45) is 0 Å². The fourth-order valence-electron chi connectivity index (χ4n) is 2.88. The number of rotatable bonds is 9. The van der Waals surface area contributed by atoms with Crippen LogP contribution in [0.5, 0.6) is 0 Å². The van der Waals surface area contributed by atoms with Crippen LogP contribution in [0.3, 0.4) is 0 Å². The minimum atomic E-state index is -0.0415. The Kier molecular flexibility index (Phi) is 6.10. The molecule has 0 bridgehead atoms. The van der Waals surface area contributed by atoms with Crippen molar-refractivity contribution >= 4 is 51.5 Å². The van der Waals surface area contributed by atoms with Crippen LogP contribution in [0.1, 0.15) is 34.3 Å². The van der Waals surface area contributed by atoms with Crippen LogP contribution in [0, 0.1) is 0 Å². The van der Waals surface area contributed by atoms with Crippen LogP contribution in [0.4, 0.5) is 5.82 Å². The van der Waals surface area contributed by atoms with Crippen molar-refractivity contribution in [2.45, 2.75) is 37.4 Å². The van der Waals surface area contributed by atoms with Gasteiger partial charge < -0.3 is 10.6 Å². The molecule has 0 unspecified atom stereocenters. The number of hydrogen-bond acceptors (Lipinski definition) is 7. The number of nitrogens with zero attached hydrogens (tertiary/aromatic N) is 2. The highest BCUT2D eigenvalue weighted by molar-refractivity contribution is 7.99. The molecular weight excluding hydrogens is 404 g/mol. The van der Waals surface area contributed by atoms with Gasteiger partial charge in [0.25, 0.3) is 0 Å². The van der Waals surface area contributed by atoms with Gasteiger partial charge in [-0.25, -0.2) is 9.97 Å². The Hall–Kier alpha value is -2.45. The van der Waals surface area contributed by atoms with E-state index in [1.54, 1.807) is 0 Å². The van der Waals surface area contributed by atoms with Gasteiger partial charge >= 0.3 is 0 Å². The van der Waals surface area contributed by atoms with Crippen molar-refractivity contribution in [1.82, 2.24) is 15.3 Å². The van der Waals surface area contributed by atoms with Crippen molar-refractivity contribution in [1.29, 1.82) is 0 Å². The van der Waals surface area contributed by atoms with Gasteiger partial charge in [-0.15, -0.1) is 11.3 Å². The van der Waals surface area contributed by atoms with E-state index in [2.05, 4.69) is 20.6 Å². The molecule has 0 atom stereocenters. The molecule has 150 valence electrons. The molecule has 2 aromatic heterocycles. The van der Waals surface area contributed by atoms with Crippen molar-refractivity contribution in [3.8, 4) is 0 Å². The molecule has 4 rings (SSSR count). The highest BCUT2D eigenvalue weighted by Crippen LogP contribution is 2.30. The number of hydrogen-bond donors (Lipinski definition) is 2. The number of carbonyl (C=O) groups excluding carboxylic acids is 2. The largest absolute Gasteiger partial charge is 0.367 e. The number of thioether (sulfide) groups is 1. The standard InChI is InChI=1S/C21H22N4O2S2/c1-13(26)22-11-10-15-8-9-19(29-15)18(27)12-28-21-24-17-5-3-2-4-16(17)20(25-21)23-14-6-7-14/h2-5,8-9,14H,6-7,10-12H2,1H3,(H,22,26)(H,23,24,25). The molecule has 29 heavy (non-hydrogen) atoms. The molecule has 1 aliphatic rings. The quantitative estimate of drug-likeness (QED) is 0.307. The van der Waals surface area contributed by atoms with Gasteiger partial charge in [-0.1, -0.05) is 23.9 Å². The summed E-state index contributed by atoms with van der Waals surface area (Å²) in [7, 11) is 0. The second kappa shape index (κ2) is 8.92. The SMILES string of the molecule is CC(=O)NCCc1ccc(C(=O)CSc2nc(NC3CC3)c3ccccc3n2)s1. The number of benzene rings is 1.